The number of benzene rings is 1. The molecule has 6 heteroatoms. The van der Waals surface area contributed by atoms with Gasteiger partial charge in [-0.1, -0.05) is 6.07 Å². The molecule has 0 fully saturated rings. The van der Waals surface area contributed by atoms with Crippen molar-refractivity contribution >= 4 is 28.2 Å². The lowest BCUT2D eigenvalue weighted by molar-refractivity contribution is 0.0696. The van der Waals surface area contributed by atoms with Gasteiger partial charge in [0.15, 0.2) is 0 Å². The van der Waals surface area contributed by atoms with Gasteiger partial charge >= 0.3 is 5.97 Å². The summed E-state index contributed by atoms with van der Waals surface area (Å²) in [7, 11) is 0. The third-order valence-electron chi connectivity index (χ3n) is 2.97. The van der Waals surface area contributed by atoms with Gasteiger partial charge in [-0.3, -0.25) is 0 Å². The molecule has 0 spiro atoms. The Morgan fingerprint density at radius 1 is 1.45 bits per heavy atom. The van der Waals surface area contributed by atoms with Gasteiger partial charge in [0.05, 0.1) is 23.9 Å². The van der Waals surface area contributed by atoms with E-state index in [1.165, 1.54) is 0 Å². The van der Waals surface area contributed by atoms with E-state index in [4.69, 9.17) is 10.4 Å². The number of carbonyl (C=O) groups is 1. The van der Waals surface area contributed by atoms with Crippen molar-refractivity contribution in [3.05, 3.63) is 52.1 Å². The van der Waals surface area contributed by atoms with Crippen LogP contribution >= 0.6 is 11.3 Å². The maximum Gasteiger partial charge on any atom is 0.365 e. The standard InChI is InChI=1S/C14H9N3O2S/c15-6-9-1-2-10-3-4-17(12(10)5-9)7-11-8-20-13(16-11)14(18)19/h1-5,8H,7H2,(H,18,19). The van der Waals surface area contributed by atoms with Gasteiger partial charge in [0.2, 0.25) is 5.01 Å². The van der Waals surface area contributed by atoms with E-state index in [0.717, 1.165) is 22.2 Å². The van der Waals surface area contributed by atoms with E-state index in [-0.39, 0.29) is 5.01 Å². The van der Waals surface area contributed by atoms with Crippen LogP contribution in [0.1, 0.15) is 21.1 Å². The lowest BCUT2D eigenvalue weighted by Crippen LogP contribution is -2.00. The van der Waals surface area contributed by atoms with Crippen molar-refractivity contribution in [2.75, 3.05) is 0 Å². The molecule has 1 N–H and O–H groups in total. The monoisotopic (exact) mass is 283 g/mol. The summed E-state index contributed by atoms with van der Waals surface area (Å²) in [6, 6.07) is 9.57. The highest BCUT2D eigenvalue weighted by Gasteiger charge is 2.10. The first kappa shape index (κ1) is 12.4. The first-order valence-electron chi connectivity index (χ1n) is 5.84. The number of hydrogen-bond acceptors (Lipinski definition) is 4. The molecule has 2 heterocycles. The molecule has 1 aromatic carbocycles. The fourth-order valence-corrected chi connectivity index (χ4v) is 2.69. The maximum absolute atomic E-state index is 10.8. The molecule has 0 bridgehead atoms. The van der Waals surface area contributed by atoms with E-state index in [0.29, 0.717) is 17.8 Å². The zero-order valence-corrected chi connectivity index (χ0v) is 11.1. The van der Waals surface area contributed by atoms with Crippen molar-refractivity contribution in [1.82, 2.24) is 9.55 Å². The van der Waals surface area contributed by atoms with Gasteiger partial charge in [-0.2, -0.15) is 5.26 Å². The summed E-state index contributed by atoms with van der Waals surface area (Å²) in [6.07, 6.45) is 1.91. The number of aromatic nitrogens is 2. The zero-order valence-electron chi connectivity index (χ0n) is 10.3. The Morgan fingerprint density at radius 2 is 2.30 bits per heavy atom. The van der Waals surface area contributed by atoms with Crippen LogP contribution < -0.4 is 0 Å². The molecule has 3 aromatic rings. The topological polar surface area (TPSA) is 78.9 Å². The second-order valence-corrected chi connectivity index (χ2v) is 5.14. The van der Waals surface area contributed by atoms with Gasteiger partial charge in [0.25, 0.3) is 0 Å². The molecule has 3 rings (SSSR count). The molecular weight excluding hydrogens is 274 g/mol. The molecule has 0 aliphatic carbocycles. The van der Waals surface area contributed by atoms with Crippen molar-refractivity contribution in [3.63, 3.8) is 0 Å². The van der Waals surface area contributed by atoms with Crippen LogP contribution in [0.25, 0.3) is 10.9 Å². The van der Waals surface area contributed by atoms with Crippen LogP contribution in [0.15, 0.2) is 35.8 Å². The van der Waals surface area contributed by atoms with E-state index < -0.39 is 5.97 Å². The number of nitrogens with zero attached hydrogens (tertiary/aromatic N) is 3. The quantitative estimate of drug-likeness (QED) is 0.801. The average Bonchev–Trinajstić information content (AvgIpc) is 3.06. The summed E-state index contributed by atoms with van der Waals surface area (Å²) in [6.45, 7) is 0.488. The average molecular weight is 283 g/mol. The summed E-state index contributed by atoms with van der Waals surface area (Å²) < 4.78 is 1.96. The van der Waals surface area contributed by atoms with Gasteiger partial charge in [-0.25, -0.2) is 9.78 Å². The van der Waals surface area contributed by atoms with Crippen LogP contribution in [-0.4, -0.2) is 20.6 Å². The molecule has 0 atom stereocenters. The Bertz CT molecular complexity index is 842. The van der Waals surface area contributed by atoms with E-state index in [2.05, 4.69) is 11.1 Å². The molecule has 5 nitrogen and oxygen atoms in total. The molecular formula is C14H9N3O2S. The molecule has 0 unspecified atom stereocenters. The first-order chi connectivity index (χ1) is 9.67. The minimum absolute atomic E-state index is 0.0918. The van der Waals surface area contributed by atoms with E-state index >= 15 is 0 Å². The first-order valence-corrected chi connectivity index (χ1v) is 6.72. The van der Waals surface area contributed by atoms with Crippen molar-refractivity contribution in [3.8, 4) is 6.07 Å². The van der Waals surface area contributed by atoms with Crippen LogP contribution in [0, 0.1) is 11.3 Å². The molecule has 0 amide bonds. The predicted molar refractivity (Wildman–Crippen MR) is 74.8 cm³/mol. The minimum Gasteiger partial charge on any atom is -0.476 e. The van der Waals surface area contributed by atoms with Crippen molar-refractivity contribution in [2.45, 2.75) is 6.54 Å². The van der Waals surface area contributed by atoms with Crippen molar-refractivity contribution in [1.29, 1.82) is 5.26 Å². The highest BCUT2D eigenvalue weighted by atomic mass is 32.1. The number of thiazole rings is 1. The number of nitriles is 1. The zero-order chi connectivity index (χ0) is 14.1. The van der Waals surface area contributed by atoms with Gasteiger partial charge in [-0.15, -0.1) is 11.3 Å². The Hall–Kier alpha value is -2.65. The predicted octanol–water partition coefficient (Wildman–Crippen LogP) is 2.72. The van der Waals surface area contributed by atoms with E-state index in [1.807, 2.05) is 29.0 Å². The number of rotatable bonds is 3. The maximum atomic E-state index is 10.8. The fraction of sp³-hybridized carbons (Fsp3) is 0.0714. The van der Waals surface area contributed by atoms with Crippen LogP contribution in [0.3, 0.4) is 0 Å². The third-order valence-corrected chi connectivity index (χ3v) is 3.85. The summed E-state index contributed by atoms with van der Waals surface area (Å²) in [5.41, 5.74) is 2.24. The number of carboxylic acids is 1. The smallest absolute Gasteiger partial charge is 0.365 e. The molecule has 0 saturated carbocycles. The molecule has 2 aromatic heterocycles. The third kappa shape index (κ3) is 2.15. The van der Waals surface area contributed by atoms with Crippen LogP contribution in [0.2, 0.25) is 0 Å². The Kier molecular flexibility index (Phi) is 2.97. The summed E-state index contributed by atoms with van der Waals surface area (Å²) in [5, 5.41) is 20.7. The summed E-state index contributed by atoms with van der Waals surface area (Å²) in [5.74, 6) is -1.01. The molecule has 0 saturated heterocycles. The fourth-order valence-electron chi connectivity index (χ4n) is 2.04. The Morgan fingerprint density at radius 3 is 3.00 bits per heavy atom. The van der Waals surface area contributed by atoms with Gasteiger partial charge in [-0.05, 0) is 23.6 Å². The van der Waals surface area contributed by atoms with E-state index in [9.17, 15) is 4.79 Å². The van der Waals surface area contributed by atoms with Gasteiger partial charge < -0.3 is 9.67 Å². The van der Waals surface area contributed by atoms with Crippen LogP contribution in [0.5, 0.6) is 0 Å². The normalized spacial score (nSPS) is 10.6. The Labute approximate surface area is 118 Å². The number of carboxylic acid groups (broad SMARTS) is 1. The highest BCUT2D eigenvalue weighted by molar-refractivity contribution is 7.11. The number of hydrogen-bond donors (Lipinski definition) is 1. The second kappa shape index (κ2) is 4.79. The molecule has 20 heavy (non-hydrogen) atoms. The second-order valence-electron chi connectivity index (χ2n) is 4.28. The molecule has 0 aliphatic heterocycles. The van der Waals surface area contributed by atoms with Gasteiger partial charge in [0, 0.05) is 17.1 Å². The van der Waals surface area contributed by atoms with Crippen molar-refractivity contribution in [2.24, 2.45) is 0 Å². The Balaban J connectivity index is 1.97. The SMILES string of the molecule is N#Cc1ccc2ccn(Cc3csc(C(=O)O)n3)c2c1. The van der Waals surface area contributed by atoms with Crippen LogP contribution in [0.4, 0.5) is 0 Å². The lowest BCUT2D eigenvalue weighted by Gasteiger charge is -2.03. The largest absolute Gasteiger partial charge is 0.476 e. The lowest BCUT2D eigenvalue weighted by atomic mass is 10.2. The van der Waals surface area contributed by atoms with Crippen LogP contribution in [-0.2, 0) is 6.54 Å². The van der Waals surface area contributed by atoms with Gasteiger partial charge in [0.1, 0.15) is 0 Å². The van der Waals surface area contributed by atoms with Crippen molar-refractivity contribution < 1.29 is 9.90 Å². The van der Waals surface area contributed by atoms with E-state index in [1.54, 1.807) is 11.4 Å². The number of fused-ring (bicyclic) bond motifs is 1. The highest BCUT2D eigenvalue weighted by Crippen LogP contribution is 2.19. The molecule has 0 radical (unpaired) electrons. The number of aromatic carboxylic acids is 1. The summed E-state index contributed by atoms with van der Waals surface area (Å²) in [4.78, 5) is 14.9. The minimum atomic E-state index is -1.01. The molecule has 98 valence electrons. The summed E-state index contributed by atoms with van der Waals surface area (Å²) >= 11 is 1.12. The molecule has 0 aliphatic rings.